The van der Waals surface area contributed by atoms with Crippen LogP contribution in [0.25, 0.3) is 0 Å². The lowest BCUT2D eigenvalue weighted by atomic mass is 10.1. The van der Waals surface area contributed by atoms with E-state index in [2.05, 4.69) is 5.10 Å². The van der Waals surface area contributed by atoms with Crippen LogP contribution >= 0.6 is 0 Å². The molecule has 4 nitrogen and oxygen atoms in total. The average Bonchev–Trinajstić information content (AvgIpc) is 3.13. The van der Waals surface area contributed by atoms with Crippen molar-refractivity contribution in [3.05, 3.63) is 47.8 Å². The maximum Gasteiger partial charge on any atom is 0.230 e. The number of hydrogen-bond acceptors (Lipinski definition) is 2. The molecule has 104 valence electrons. The third-order valence-electron chi connectivity index (χ3n) is 4.01. The summed E-state index contributed by atoms with van der Waals surface area (Å²) in [6.07, 6.45) is 4.80. The number of hydrogen-bond donors (Lipinski definition) is 0. The summed E-state index contributed by atoms with van der Waals surface area (Å²) < 4.78 is 1.79. The van der Waals surface area contributed by atoms with Crippen LogP contribution in [0.3, 0.4) is 0 Å². The van der Waals surface area contributed by atoms with Gasteiger partial charge < -0.3 is 4.90 Å². The van der Waals surface area contributed by atoms with E-state index in [1.807, 2.05) is 57.7 Å². The first kappa shape index (κ1) is 12.9. The molecular formula is C16H19N3O. The number of benzene rings is 1. The minimum absolute atomic E-state index is 0.102. The molecule has 0 bridgehead atoms. The summed E-state index contributed by atoms with van der Waals surface area (Å²) in [6, 6.07) is 8.05. The van der Waals surface area contributed by atoms with Gasteiger partial charge in [-0.05, 0) is 37.0 Å². The predicted octanol–water partition coefficient (Wildman–Crippen LogP) is 2.50. The zero-order chi connectivity index (χ0) is 14.3. The Hall–Kier alpha value is -2.10. The van der Waals surface area contributed by atoms with E-state index in [0.717, 1.165) is 12.1 Å². The molecule has 0 saturated heterocycles. The van der Waals surface area contributed by atoms with Crippen LogP contribution in [0.2, 0.25) is 0 Å². The van der Waals surface area contributed by atoms with Crippen molar-refractivity contribution in [3.8, 4) is 0 Å². The van der Waals surface area contributed by atoms with E-state index in [1.165, 1.54) is 11.1 Å². The van der Waals surface area contributed by atoms with E-state index < -0.39 is 0 Å². The Balaban J connectivity index is 1.70. The third-order valence-corrected chi connectivity index (χ3v) is 4.01. The molecule has 0 unspecified atom stereocenters. The average molecular weight is 269 g/mol. The molecular weight excluding hydrogens is 250 g/mol. The molecule has 0 radical (unpaired) electrons. The number of anilines is 1. The summed E-state index contributed by atoms with van der Waals surface area (Å²) in [5, 5.41) is 4.18. The zero-order valence-electron chi connectivity index (χ0n) is 12.1. The molecule has 4 heteroatoms. The van der Waals surface area contributed by atoms with Crippen molar-refractivity contribution in [1.29, 1.82) is 0 Å². The van der Waals surface area contributed by atoms with Crippen molar-refractivity contribution in [2.24, 2.45) is 13.0 Å². The van der Waals surface area contributed by atoms with E-state index in [4.69, 9.17) is 0 Å². The SMILES string of the molecule is Cc1ccc(N(C)C(=O)[C@@H]2C[C@H]2c2cnn(C)c2)cc1. The molecule has 0 spiro atoms. The summed E-state index contributed by atoms with van der Waals surface area (Å²) in [7, 11) is 3.76. The van der Waals surface area contributed by atoms with Crippen LogP contribution in [0.5, 0.6) is 0 Å². The third kappa shape index (κ3) is 2.33. The molecule has 1 fully saturated rings. The molecule has 1 saturated carbocycles. The van der Waals surface area contributed by atoms with Gasteiger partial charge in [0.05, 0.1) is 6.20 Å². The van der Waals surface area contributed by atoms with Crippen LogP contribution < -0.4 is 4.90 Å². The normalized spacial score (nSPS) is 20.8. The van der Waals surface area contributed by atoms with Gasteiger partial charge in [0.1, 0.15) is 0 Å². The second-order valence-electron chi connectivity index (χ2n) is 5.63. The second-order valence-corrected chi connectivity index (χ2v) is 5.63. The zero-order valence-corrected chi connectivity index (χ0v) is 12.1. The maximum absolute atomic E-state index is 12.5. The Morgan fingerprint density at radius 1 is 1.35 bits per heavy atom. The van der Waals surface area contributed by atoms with Gasteiger partial charge in [0.2, 0.25) is 5.91 Å². The minimum atomic E-state index is 0.102. The second kappa shape index (κ2) is 4.78. The number of carbonyl (C=O) groups excluding carboxylic acids is 1. The van der Waals surface area contributed by atoms with Crippen molar-refractivity contribution in [1.82, 2.24) is 9.78 Å². The Kier molecular flexibility index (Phi) is 3.08. The Morgan fingerprint density at radius 2 is 2.05 bits per heavy atom. The molecule has 1 amide bonds. The molecule has 1 aliphatic carbocycles. The number of carbonyl (C=O) groups is 1. The lowest BCUT2D eigenvalue weighted by Gasteiger charge is -2.17. The molecule has 0 N–H and O–H groups in total. The summed E-state index contributed by atoms with van der Waals surface area (Å²) in [5.41, 5.74) is 3.33. The van der Waals surface area contributed by atoms with Crippen molar-refractivity contribution < 1.29 is 4.79 Å². The van der Waals surface area contributed by atoms with Crippen molar-refractivity contribution in [3.63, 3.8) is 0 Å². The fourth-order valence-electron chi connectivity index (χ4n) is 2.61. The first-order chi connectivity index (χ1) is 9.56. The first-order valence-electron chi connectivity index (χ1n) is 6.89. The summed E-state index contributed by atoms with van der Waals surface area (Å²) in [6.45, 7) is 2.05. The van der Waals surface area contributed by atoms with Crippen LogP contribution in [-0.4, -0.2) is 22.7 Å². The van der Waals surface area contributed by atoms with Gasteiger partial charge in [0.15, 0.2) is 0 Å². The maximum atomic E-state index is 12.5. The minimum Gasteiger partial charge on any atom is -0.315 e. The van der Waals surface area contributed by atoms with Gasteiger partial charge in [0.25, 0.3) is 0 Å². The summed E-state index contributed by atoms with van der Waals surface area (Å²) in [5.74, 6) is 0.636. The molecule has 1 aromatic carbocycles. The summed E-state index contributed by atoms with van der Waals surface area (Å²) in [4.78, 5) is 14.2. The molecule has 1 aliphatic rings. The van der Waals surface area contributed by atoms with Gasteiger partial charge in [-0.3, -0.25) is 9.48 Å². The number of amides is 1. The highest BCUT2D eigenvalue weighted by molar-refractivity contribution is 5.97. The van der Waals surface area contributed by atoms with E-state index in [0.29, 0.717) is 5.92 Å². The molecule has 1 aromatic heterocycles. The topological polar surface area (TPSA) is 38.1 Å². The fourth-order valence-corrected chi connectivity index (χ4v) is 2.61. The highest BCUT2D eigenvalue weighted by atomic mass is 16.2. The van der Waals surface area contributed by atoms with E-state index in [9.17, 15) is 4.79 Å². The number of aromatic nitrogens is 2. The molecule has 3 rings (SSSR count). The van der Waals surface area contributed by atoms with Crippen LogP contribution in [0.15, 0.2) is 36.7 Å². The van der Waals surface area contributed by atoms with Crippen molar-refractivity contribution >= 4 is 11.6 Å². The summed E-state index contributed by atoms with van der Waals surface area (Å²) >= 11 is 0. The van der Waals surface area contributed by atoms with E-state index in [-0.39, 0.29) is 11.8 Å². The van der Waals surface area contributed by atoms with Crippen LogP contribution in [-0.2, 0) is 11.8 Å². The number of rotatable bonds is 3. The van der Waals surface area contributed by atoms with Crippen molar-refractivity contribution in [2.45, 2.75) is 19.3 Å². The molecule has 20 heavy (non-hydrogen) atoms. The van der Waals surface area contributed by atoms with Gasteiger partial charge in [-0.25, -0.2) is 0 Å². The number of aryl methyl sites for hydroxylation is 2. The predicted molar refractivity (Wildman–Crippen MR) is 78.6 cm³/mol. The van der Waals surface area contributed by atoms with Gasteiger partial charge in [-0.1, -0.05) is 17.7 Å². The molecule has 2 aromatic rings. The van der Waals surface area contributed by atoms with E-state index in [1.54, 1.807) is 9.58 Å². The van der Waals surface area contributed by atoms with Crippen LogP contribution in [0, 0.1) is 12.8 Å². The van der Waals surface area contributed by atoms with Gasteiger partial charge in [-0.15, -0.1) is 0 Å². The standard InChI is InChI=1S/C16H19N3O/c1-11-4-6-13(7-5-11)19(3)16(20)15-8-14(15)12-9-17-18(2)10-12/h4-7,9-10,14-15H,8H2,1-3H3/t14-,15+/m0/s1. The smallest absolute Gasteiger partial charge is 0.230 e. The van der Waals surface area contributed by atoms with Crippen LogP contribution in [0.4, 0.5) is 5.69 Å². The lowest BCUT2D eigenvalue weighted by Crippen LogP contribution is -2.28. The van der Waals surface area contributed by atoms with E-state index >= 15 is 0 Å². The highest BCUT2D eigenvalue weighted by Gasteiger charge is 2.45. The Labute approximate surface area is 119 Å². The Morgan fingerprint density at radius 3 is 2.65 bits per heavy atom. The molecule has 2 atom stereocenters. The highest BCUT2D eigenvalue weighted by Crippen LogP contribution is 2.48. The lowest BCUT2D eigenvalue weighted by molar-refractivity contribution is -0.119. The Bertz CT molecular complexity index is 629. The van der Waals surface area contributed by atoms with Gasteiger partial charge in [-0.2, -0.15) is 5.10 Å². The monoisotopic (exact) mass is 269 g/mol. The molecule has 0 aliphatic heterocycles. The van der Waals surface area contributed by atoms with Gasteiger partial charge >= 0.3 is 0 Å². The fraction of sp³-hybridized carbons (Fsp3) is 0.375. The quantitative estimate of drug-likeness (QED) is 0.858. The first-order valence-corrected chi connectivity index (χ1v) is 6.89. The number of nitrogens with zero attached hydrogens (tertiary/aromatic N) is 3. The van der Waals surface area contributed by atoms with Crippen LogP contribution in [0.1, 0.15) is 23.5 Å². The van der Waals surface area contributed by atoms with Gasteiger partial charge in [0, 0.05) is 31.9 Å². The molecule has 1 heterocycles. The largest absolute Gasteiger partial charge is 0.315 e. The van der Waals surface area contributed by atoms with Crippen molar-refractivity contribution in [2.75, 3.05) is 11.9 Å².